The molecule has 0 spiro atoms. The smallest absolute Gasteiger partial charge is 0.339 e. The Balaban J connectivity index is 1.84. The Bertz CT molecular complexity index is 358. The zero-order chi connectivity index (χ0) is 12.3. The second-order valence-electron chi connectivity index (χ2n) is 4.26. The summed E-state index contributed by atoms with van der Waals surface area (Å²) in [5.41, 5.74) is 0. The minimum atomic E-state index is -4.52. The van der Waals surface area contributed by atoms with Crippen molar-refractivity contribution in [2.75, 3.05) is 13.1 Å². The van der Waals surface area contributed by atoms with E-state index in [9.17, 15) is 13.2 Å². The van der Waals surface area contributed by atoms with Gasteiger partial charge in [-0.25, -0.2) is 0 Å². The van der Waals surface area contributed by atoms with Crippen LogP contribution in [-0.2, 0) is 12.6 Å². The van der Waals surface area contributed by atoms with Crippen LogP contribution in [0.5, 0.6) is 0 Å². The molecule has 1 unspecified atom stereocenters. The van der Waals surface area contributed by atoms with Gasteiger partial charge in [-0.1, -0.05) is 5.16 Å². The summed E-state index contributed by atoms with van der Waals surface area (Å²) in [4.78, 5) is 3.34. The third kappa shape index (κ3) is 3.42. The Labute approximate surface area is 96.6 Å². The molecule has 0 bridgehead atoms. The Hall–Kier alpha value is -1.11. The van der Waals surface area contributed by atoms with Crippen molar-refractivity contribution in [3.63, 3.8) is 0 Å². The van der Waals surface area contributed by atoms with Crippen LogP contribution in [-0.4, -0.2) is 23.2 Å². The maximum atomic E-state index is 12.2. The first kappa shape index (κ1) is 12.3. The molecule has 1 atom stereocenters. The Morgan fingerprint density at radius 2 is 2.24 bits per heavy atom. The number of nitrogens with one attached hydrogen (secondary N) is 1. The first-order valence-corrected chi connectivity index (χ1v) is 5.66. The molecule has 0 amide bonds. The summed E-state index contributed by atoms with van der Waals surface area (Å²) in [7, 11) is 0. The number of hydrogen-bond acceptors (Lipinski definition) is 4. The highest BCUT2D eigenvalue weighted by Gasteiger charge is 2.37. The van der Waals surface area contributed by atoms with E-state index in [2.05, 4.69) is 20.0 Å². The molecule has 96 valence electrons. The molecule has 2 rings (SSSR count). The van der Waals surface area contributed by atoms with Crippen molar-refractivity contribution < 1.29 is 17.7 Å². The lowest BCUT2D eigenvalue weighted by atomic mass is 9.95. The number of hydrogen-bond donors (Lipinski definition) is 1. The van der Waals surface area contributed by atoms with E-state index in [0.29, 0.717) is 12.3 Å². The number of aromatic nitrogens is 2. The van der Waals surface area contributed by atoms with Crippen LogP contribution in [0.15, 0.2) is 4.52 Å². The topological polar surface area (TPSA) is 51.0 Å². The van der Waals surface area contributed by atoms with Gasteiger partial charge in [0.05, 0.1) is 0 Å². The van der Waals surface area contributed by atoms with E-state index in [1.54, 1.807) is 0 Å². The molecule has 7 heteroatoms. The van der Waals surface area contributed by atoms with E-state index >= 15 is 0 Å². The molecule has 1 N–H and O–H groups in total. The van der Waals surface area contributed by atoms with Crippen LogP contribution in [0.1, 0.15) is 31.0 Å². The molecule has 17 heavy (non-hydrogen) atoms. The third-order valence-corrected chi connectivity index (χ3v) is 2.89. The number of aryl methyl sites for hydroxylation is 1. The van der Waals surface area contributed by atoms with Gasteiger partial charge < -0.3 is 9.84 Å². The molecule has 0 radical (unpaired) electrons. The largest absolute Gasteiger partial charge is 0.455 e. The molecular weight excluding hydrogens is 235 g/mol. The predicted octanol–water partition coefficient (Wildman–Crippen LogP) is 2.02. The summed E-state index contributed by atoms with van der Waals surface area (Å²) in [6, 6.07) is 0. The average molecular weight is 249 g/mol. The van der Waals surface area contributed by atoms with Gasteiger partial charge in [0.15, 0.2) is 0 Å². The van der Waals surface area contributed by atoms with Crippen molar-refractivity contribution in [2.45, 2.75) is 31.9 Å². The van der Waals surface area contributed by atoms with Crippen molar-refractivity contribution in [1.29, 1.82) is 0 Å². The van der Waals surface area contributed by atoms with Gasteiger partial charge in [-0.2, -0.15) is 18.2 Å². The number of halogens is 3. The van der Waals surface area contributed by atoms with Crippen LogP contribution in [0.2, 0.25) is 0 Å². The fourth-order valence-corrected chi connectivity index (χ4v) is 1.97. The Morgan fingerprint density at radius 1 is 1.41 bits per heavy atom. The van der Waals surface area contributed by atoms with Gasteiger partial charge in [-0.15, -0.1) is 0 Å². The highest BCUT2D eigenvalue weighted by molar-refractivity contribution is 4.91. The molecule has 1 aliphatic heterocycles. The summed E-state index contributed by atoms with van der Waals surface area (Å²) in [6.07, 6.45) is -1.11. The van der Waals surface area contributed by atoms with Crippen molar-refractivity contribution >= 4 is 0 Å². The maximum absolute atomic E-state index is 12.2. The number of rotatable bonds is 3. The second kappa shape index (κ2) is 5.03. The number of piperidine rings is 1. The van der Waals surface area contributed by atoms with E-state index in [1.165, 1.54) is 0 Å². The van der Waals surface area contributed by atoms with Gasteiger partial charge in [0, 0.05) is 6.42 Å². The zero-order valence-electron chi connectivity index (χ0n) is 9.26. The summed E-state index contributed by atoms with van der Waals surface area (Å²) >= 11 is 0. The van der Waals surface area contributed by atoms with Crippen LogP contribution in [0.4, 0.5) is 13.2 Å². The van der Waals surface area contributed by atoms with E-state index in [-0.39, 0.29) is 5.89 Å². The molecule has 2 heterocycles. The van der Waals surface area contributed by atoms with Crippen LogP contribution < -0.4 is 5.32 Å². The van der Waals surface area contributed by atoms with Crippen molar-refractivity contribution in [1.82, 2.24) is 15.5 Å². The quantitative estimate of drug-likeness (QED) is 0.890. The monoisotopic (exact) mass is 249 g/mol. The lowest BCUT2D eigenvalue weighted by Crippen LogP contribution is -2.29. The summed E-state index contributed by atoms with van der Waals surface area (Å²) < 4.78 is 41.2. The molecule has 1 aromatic heterocycles. The molecule has 0 aromatic carbocycles. The van der Waals surface area contributed by atoms with E-state index in [1.807, 2.05) is 0 Å². The van der Waals surface area contributed by atoms with Crippen molar-refractivity contribution in [3.8, 4) is 0 Å². The van der Waals surface area contributed by atoms with Gasteiger partial charge in [0.1, 0.15) is 0 Å². The molecule has 4 nitrogen and oxygen atoms in total. The molecule has 1 fully saturated rings. The average Bonchev–Trinajstić information content (AvgIpc) is 2.76. The third-order valence-electron chi connectivity index (χ3n) is 2.89. The van der Waals surface area contributed by atoms with Crippen molar-refractivity contribution in [3.05, 3.63) is 11.7 Å². The van der Waals surface area contributed by atoms with Gasteiger partial charge in [0.25, 0.3) is 5.82 Å². The summed E-state index contributed by atoms with van der Waals surface area (Å²) in [5.74, 6) is -0.623. The van der Waals surface area contributed by atoms with Crippen LogP contribution in [0, 0.1) is 5.92 Å². The fourth-order valence-electron chi connectivity index (χ4n) is 1.97. The minimum Gasteiger partial charge on any atom is -0.339 e. The maximum Gasteiger partial charge on any atom is 0.455 e. The summed E-state index contributed by atoms with van der Waals surface area (Å²) in [6.45, 7) is 1.94. The molecule has 0 aliphatic carbocycles. The first-order chi connectivity index (χ1) is 8.05. The van der Waals surface area contributed by atoms with Crippen LogP contribution >= 0.6 is 0 Å². The molecule has 1 aromatic rings. The van der Waals surface area contributed by atoms with E-state index < -0.39 is 12.0 Å². The molecule has 0 saturated carbocycles. The Morgan fingerprint density at radius 3 is 2.82 bits per heavy atom. The van der Waals surface area contributed by atoms with Crippen LogP contribution in [0.3, 0.4) is 0 Å². The van der Waals surface area contributed by atoms with E-state index in [4.69, 9.17) is 0 Å². The first-order valence-electron chi connectivity index (χ1n) is 5.66. The van der Waals surface area contributed by atoms with Crippen LogP contribution in [0.25, 0.3) is 0 Å². The van der Waals surface area contributed by atoms with Crippen molar-refractivity contribution in [2.24, 2.45) is 5.92 Å². The minimum absolute atomic E-state index is 0.0721. The lowest BCUT2D eigenvalue weighted by Gasteiger charge is -2.21. The Kier molecular flexibility index (Phi) is 3.66. The van der Waals surface area contributed by atoms with Gasteiger partial charge in [-0.3, -0.25) is 0 Å². The molecule has 1 aliphatic rings. The van der Waals surface area contributed by atoms with Gasteiger partial charge in [0.2, 0.25) is 5.89 Å². The number of alkyl halides is 3. The SMILES string of the molecule is FC(F)(F)c1noc(CCC2CCCNC2)n1. The van der Waals surface area contributed by atoms with Gasteiger partial charge >= 0.3 is 6.18 Å². The summed E-state index contributed by atoms with van der Waals surface area (Å²) in [5, 5.41) is 6.18. The number of nitrogens with zero attached hydrogens (tertiary/aromatic N) is 2. The lowest BCUT2D eigenvalue weighted by molar-refractivity contribution is -0.146. The standard InChI is InChI=1S/C10H14F3N3O/c11-10(12,13)9-15-8(17-16-9)4-3-7-2-1-5-14-6-7/h7,14H,1-6H2. The second-order valence-corrected chi connectivity index (χ2v) is 4.26. The zero-order valence-corrected chi connectivity index (χ0v) is 9.26. The fraction of sp³-hybridized carbons (Fsp3) is 0.800. The highest BCUT2D eigenvalue weighted by Crippen LogP contribution is 2.26. The van der Waals surface area contributed by atoms with E-state index in [0.717, 1.165) is 32.4 Å². The van der Waals surface area contributed by atoms with Gasteiger partial charge in [-0.05, 0) is 38.3 Å². The molecule has 1 saturated heterocycles. The predicted molar refractivity (Wildman–Crippen MR) is 53.2 cm³/mol. The normalized spacial score (nSPS) is 21.7. The molecular formula is C10H14F3N3O. The highest BCUT2D eigenvalue weighted by atomic mass is 19.4.